The molecule has 0 fully saturated rings. The van der Waals surface area contributed by atoms with Crippen LogP contribution in [0.1, 0.15) is 34.7 Å². The summed E-state index contributed by atoms with van der Waals surface area (Å²) in [4.78, 5) is 31.7. The molecule has 0 N–H and O–H groups in total. The highest BCUT2D eigenvalue weighted by Crippen LogP contribution is 2.25. The smallest absolute Gasteiger partial charge is 0.356 e. The molecule has 0 amide bonds. The lowest BCUT2D eigenvalue weighted by Crippen LogP contribution is -2.07. The molecule has 0 spiro atoms. The quantitative estimate of drug-likeness (QED) is 0.793. The van der Waals surface area contributed by atoms with Gasteiger partial charge in [-0.1, -0.05) is 0 Å². The largest absolute Gasteiger partial charge is 0.462 e. The fraction of sp³-hybridized carbons (Fsp3) is 0.286. The SMILES string of the molecule is CCOC(=O)c1cc2ccncc(C(=O)OCC)c-2n1. The predicted octanol–water partition coefficient (Wildman–Crippen LogP) is 1.93. The van der Waals surface area contributed by atoms with E-state index in [1.165, 1.54) is 12.4 Å². The highest BCUT2D eigenvalue weighted by Gasteiger charge is 2.21. The van der Waals surface area contributed by atoms with Crippen LogP contribution < -0.4 is 0 Å². The molecule has 0 saturated heterocycles. The molecule has 0 aromatic rings. The zero-order valence-corrected chi connectivity index (χ0v) is 11.3. The third-order valence-electron chi connectivity index (χ3n) is 2.58. The van der Waals surface area contributed by atoms with Gasteiger partial charge >= 0.3 is 11.9 Å². The minimum Gasteiger partial charge on any atom is -0.462 e. The van der Waals surface area contributed by atoms with E-state index in [0.717, 1.165) is 0 Å². The topological polar surface area (TPSA) is 78.4 Å². The molecule has 0 aliphatic carbocycles. The van der Waals surface area contributed by atoms with E-state index in [9.17, 15) is 9.59 Å². The fourth-order valence-corrected chi connectivity index (χ4v) is 1.75. The Morgan fingerprint density at radius 1 is 1.15 bits per heavy atom. The number of rotatable bonds is 4. The first-order valence-electron chi connectivity index (χ1n) is 6.26. The molecule has 6 heteroatoms. The third kappa shape index (κ3) is 2.74. The Morgan fingerprint density at radius 3 is 2.55 bits per heavy atom. The molecular weight excluding hydrogens is 260 g/mol. The number of ether oxygens (including phenoxy) is 2. The van der Waals surface area contributed by atoms with E-state index in [1.807, 2.05) is 0 Å². The molecule has 0 bridgehead atoms. The molecule has 20 heavy (non-hydrogen) atoms. The molecule has 104 valence electrons. The zero-order chi connectivity index (χ0) is 14.5. The Morgan fingerprint density at radius 2 is 1.85 bits per heavy atom. The van der Waals surface area contributed by atoms with Gasteiger partial charge in [-0.05, 0) is 26.0 Å². The Kier molecular flexibility index (Phi) is 4.24. The van der Waals surface area contributed by atoms with E-state index in [2.05, 4.69) is 9.97 Å². The second kappa shape index (κ2) is 6.10. The van der Waals surface area contributed by atoms with Crippen LogP contribution in [0.2, 0.25) is 0 Å². The number of hydrogen-bond donors (Lipinski definition) is 0. The lowest BCUT2D eigenvalue weighted by molar-refractivity contribution is 0.0510. The highest BCUT2D eigenvalue weighted by atomic mass is 16.5. The normalized spacial score (nSPS) is 10.3. The van der Waals surface area contributed by atoms with Crippen LogP contribution in [0.5, 0.6) is 0 Å². The maximum Gasteiger partial charge on any atom is 0.356 e. The van der Waals surface area contributed by atoms with Crippen LogP contribution in [0.15, 0.2) is 24.5 Å². The van der Waals surface area contributed by atoms with Crippen molar-refractivity contribution < 1.29 is 19.1 Å². The minimum atomic E-state index is -0.519. The van der Waals surface area contributed by atoms with Gasteiger partial charge in [0.15, 0.2) is 0 Å². The van der Waals surface area contributed by atoms with Crippen LogP contribution in [0.4, 0.5) is 0 Å². The van der Waals surface area contributed by atoms with Crippen LogP contribution in [-0.2, 0) is 9.47 Å². The monoisotopic (exact) mass is 274 g/mol. The maximum atomic E-state index is 11.9. The van der Waals surface area contributed by atoms with E-state index >= 15 is 0 Å². The number of carbonyl (C=O) groups excluding carboxylic acids is 2. The van der Waals surface area contributed by atoms with E-state index in [4.69, 9.17) is 9.47 Å². The van der Waals surface area contributed by atoms with E-state index in [1.54, 1.807) is 26.0 Å². The molecule has 0 saturated carbocycles. The first kappa shape index (κ1) is 13.9. The van der Waals surface area contributed by atoms with Gasteiger partial charge in [-0.2, -0.15) is 0 Å². The van der Waals surface area contributed by atoms with Crippen LogP contribution in [0, 0.1) is 0 Å². The van der Waals surface area contributed by atoms with Crippen LogP contribution in [-0.4, -0.2) is 35.1 Å². The summed E-state index contributed by atoms with van der Waals surface area (Å²) < 4.78 is 9.86. The fourth-order valence-electron chi connectivity index (χ4n) is 1.75. The van der Waals surface area contributed by atoms with Gasteiger partial charge in [-0.3, -0.25) is 4.98 Å². The Balaban J connectivity index is 2.49. The number of carbonyl (C=O) groups is 2. The van der Waals surface area contributed by atoms with Crippen molar-refractivity contribution in [3.05, 3.63) is 35.8 Å². The minimum absolute atomic E-state index is 0.165. The first-order valence-corrected chi connectivity index (χ1v) is 6.26. The summed E-state index contributed by atoms with van der Waals surface area (Å²) in [6.07, 6.45) is 2.91. The summed E-state index contributed by atoms with van der Waals surface area (Å²) in [6.45, 7) is 3.95. The molecule has 2 heterocycles. The molecular formula is C14H14N2O4. The summed E-state index contributed by atoms with van der Waals surface area (Å²) in [6, 6.07) is 3.24. The summed E-state index contributed by atoms with van der Waals surface area (Å²) in [5.41, 5.74) is 1.40. The number of esters is 2. The lowest BCUT2D eigenvalue weighted by atomic mass is 10.1. The maximum absolute atomic E-state index is 11.9. The van der Waals surface area contributed by atoms with Gasteiger partial charge in [0.2, 0.25) is 0 Å². The van der Waals surface area contributed by atoms with Crippen molar-refractivity contribution in [1.82, 2.24) is 9.97 Å². The summed E-state index contributed by atoms with van der Waals surface area (Å²) in [5.74, 6) is -1.04. The molecule has 0 unspecified atom stereocenters. The van der Waals surface area contributed by atoms with E-state index < -0.39 is 11.9 Å². The summed E-state index contributed by atoms with van der Waals surface area (Å²) >= 11 is 0. The Labute approximate surface area is 116 Å². The molecule has 6 nitrogen and oxygen atoms in total. The van der Waals surface area contributed by atoms with Crippen molar-refractivity contribution in [3.63, 3.8) is 0 Å². The Hall–Kier alpha value is -2.50. The number of aromatic nitrogens is 2. The first-order chi connectivity index (χ1) is 9.67. The molecule has 2 aliphatic rings. The highest BCUT2D eigenvalue weighted by molar-refractivity contribution is 5.98. The second-order valence-corrected chi connectivity index (χ2v) is 3.89. The van der Waals surface area contributed by atoms with Crippen LogP contribution in [0.3, 0.4) is 0 Å². The molecule has 0 aromatic carbocycles. The van der Waals surface area contributed by atoms with Gasteiger partial charge in [0.1, 0.15) is 11.3 Å². The Bertz CT molecular complexity index is 612. The second-order valence-electron chi connectivity index (χ2n) is 3.89. The number of fused-ring (bicyclic) bond motifs is 1. The van der Waals surface area contributed by atoms with Crippen molar-refractivity contribution in [1.29, 1.82) is 0 Å². The van der Waals surface area contributed by atoms with Crippen molar-refractivity contribution in [2.24, 2.45) is 0 Å². The zero-order valence-electron chi connectivity index (χ0n) is 11.3. The summed E-state index contributed by atoms with van der Waals surface area (Å²) in [5, 5.41) is 0. The average Bonchev–Trinajstić information content (AvgIpc) is 2.74. The number of hydrogen-bond acceptors (Lipinski definition) is 6. The standard InChI is InChI=1S/C14H14N2O4/c1-3-19-13(17)10-8-15-6-5-9-7-11(16-12(9)10)14(18)20-4-2/h5-8H,3-4H2,1-2H3. The van der Waals surface area contributed by atoms with E-state index in [0.29, 0.717) is 11.3 Å². The molecule has 0 radical (unpaired) electrons. The number of nitrogens with zero attached hydrogens (tertiary/aromatic N) is 2. The average molecular weight is 274 g/mol. The molecule has 2 aliphatic heterocycles. The van der Waals surface area contributed by atoms with Crippen LogP contribution in [0.25, 0.3) is 11.3 Å². The van der Waals surface area contributed by atoms with Crippen LogP contribution >= 0.6 is 0 Å². The lowest BCUT2D eigenvalue weighted by Gasteiger charge is -2.01. The van der Waals surface area contributed by atoms with Gasteiger partial charge in [0, 0.05) is 18.0 Å². The van der Waals surface area contributed by atoms with Crippen molar-refractivity contribution in [2.45, 2.75) is 13.8 Å². The van der Waals surface area contributed by atoms with Gasteiger partial charge in [-0.25, -0.2) is 14.6 Å². The van der Waals surface area contributed by atoms with E-state index in [-0.39, 0.29) is 24.5 Å². The summed E-state index contributed by atoms with van der Waals surface area (Å²) in [7, 11) is 0. The van der Waals surface area contributed by atoms with Gasteiger partial charge in [0.05, 0.1) is 18.9 Å². The van der Waals surface area contributed by atoms with Crippen molar-refractivity contribution in [2.75, 3.05) is 13.2 Å². The van der Waals surface area contributed by atoms with Crippen molar-refractivity contribution >= 4 is 11.9 Å². The van der Waals surface area contributed by atoms with Gasteiger partial charge in [-0.15, -0.1) is 0 Å². The third-order valence-corrected chi connectivity index (χ3v) is 2.58. The molecule has 2 rings (SSSR count). The predicted molar refractivity (Wildman–Crippen MR) is 70.6 cm³/mol. The van der Waals surface area contributed by atoms with Crippen molar-refractivity contribution in [3.8, 4) is 11.3 Å². The molecule has 0 atom stereocenters. The molecule has 0 aromatic heterocycles. The van der Waals surface area contributed by atoms with Gasteiger partial charge in [0.25, 0.3) is 0 Å². The van der Waals surface area contributed by atoms with Gasteiger partial charge < -0.3 is 9.47 Å².